The second kappa shape index (κ2) is 18.8. The zero-order valence-electron chi connectivity index (χ0n) is 16.9. The molecule has 11 heteroatoms. The SMILES string of the molecule is C[C@@](O)(/C=C/[C@H]1CC=CC(=O)O1)[CH-]C[C@@H](O)\C=C/C=C\C=C\CO.O=[P+]([O-])O[O-].[Na+]. The molecule has 0 aromatic carbocycles. The van der Waals surface area contributed by atoms with Crippen LogP contribution in [-0.4, -0.2) is 45.7 Å². The van der Waals surface area contributed by atoms with E-state index in [0.29, 0.717) is 6.42 Å². The Morgan fingerprint density at radius 2 is 2.07 bits per heavy atom. The molecule has 0 saturated heterocycles. The number of hydrogen-bond donors (Lipinski definition) is 3. The van der Waals surface area contributed by atoms with Crippen LogP contribution >= 0.6 is 8.25 Å². The maximum atomic E-state index is 11.1. The maximum absolute atomic E-state index is 11.1. The Balaban J connectivity index is 0. The Kier molecular flexibility index (Phi) is 19.5. The average Bonchev–Trinajstić information content (AvgIpc) is 2.68. The number of carbonyl (C=O) groups is 1. The zero-order valence-corrected chi connectivity index (χ0v) is 19.8. The normalized spacial score (nSPS) is 20.0. The van der Waals surface area contributed by atoms with Crippen LogP contribution in [0.2, 0.25) is 0 Å². The summed E-state index contributed by atoms with van der Waals surface area (Å²) in [4.78, 5) is 20.0. The third kappa shape index (κ3) is 19.0. The van der Waals surface area contributed by atoms with Crippen molar-refractivity contribution in [1.29, 1.82) is 0 Å². The van der Waals surface area contributed by atoms with Gasteiger partial charge < -0.3 is 30.2 Å². The van der Waals surface area contributed by atoms with E-state index in [9.17, 15) is 15.0 Å². The topological polar surface area (TPSA) is 159 Å². The Labute approximate surface area is 198 Å². The smallest absolute Gasteiger partial charge is 0.674 e. The Bertz CT molecular complexity index is 642. The summed E-state index contributed by atoms with van der Waals surface area (Å²) in [5, 5.41) is 37.2. The van der Waals surface area contributed by atoms with Crippen molar-refractivity contribution < 1.29 is 73.8 Å². The predicted molar refractivity (Wildman–Crippen MR) is 102 cm³/mol. The number of cyclic esters (lactones) is 1. The van der Waals surface area contributed by atoms with E-state index >= 15 is 0 Å². The molecule has 1 aliphatic heterocycles. The first-order valence-electron chi connectivity index (χ1n) is 8.56. The molecule has 30 heavy (non-hydrogen) atoms. The molecule has 1 unspecified atom stereocenters. The van der Waals surface area contributed by atoms with Crippen molar-refractivity contribution in [1.82, 2.24) is 0 Å². The van der Waals surface area contributed by atoms with Crippen LogP contribution in [0.4, 0.5) is 0 Å². The fourth-order valence-electron chi connectivity index (χ4n) is 1.92. The minimum atomic E-state index is -3.15. The van der Waals surface area contributed by atoms with Gasteiger partial charge in [-0.15, -0.1) is 6.42 Å². The van der Waals surface area contributed by atoms with E-state index in [1.165, 1.54) is 6.08 Å². The molecule has 0 aliphatic carbocycles. The second-order valence-corrected chi connectivity index (χ2v) is 6.48. The number of carbonyl (C=O) groups excluding carboxylic acids is 1. The molecular formula is C19H25NaO9P-. The monoisotopic (exact) mass is 451 g/mol. The van der Waals surface area contributed by atoms with Gasteiger partial charge in [0.1, 0.15) is 6.10 Å². The predicted octanol–water partition coefficient (Wildman–Crippen LogP) is -2.92. The number of allylic oxidation sites excluding steroid dienone is 4. The van der Waals surface area contributed by atoms with Gasteiger partial charge in [-0.05, 0) is 16.2 Å². The molecule has 0 saturated carbocycles. The summed E-state index contributed by atoms with van der Waals surface area (Å²) in [6.07, 6.45) is 17.7. The van der Waals surface area contributed by atoms with Gasteiger partial charge in [-0.1, -0.05) is 55.5 Å². The number of aliphatic hydroxyl groups is 3. The first-order chi connectivity index (χ1) is 13.7. The average molecular weight is 451 g/mol. The van der Waals surface area contributed by atoms with Crippen LogP contribution in [-0.2, 0) is 18.8 Å². The summed E-state index contributed by atoms with van der Waals surface area (Å²) in [6, 6.07) is 0. The quantitative estimate of drug-likeness (QED) is 0.0462. The molecule has 1 rings (SSSR count). The second-order valence-electron chi connectivity index (χ2n) is 5.88. The van der Waals surface area contributed by atoms with Crippen molar-refractivity contribution in [3.05, 3.63) is 67.2 Å². The largest absolute Gasteiger partial charge is 1.00 e. The molecule has 3 N–H and O–H groups in total. The summed E-state index contributed by atoms with van der Waals surface area (Å²) in [7, 11) is -3.15. The molecule has 0 aromatic heterocycles. The van der Waals surface area contributed by atoms with Gasteiger partial charge in [-0.3, -0.25) is 6.42 Å². The van der Waals surface area contributed by atoms with Crippen LogP contribution in [0.3, 0.4) is 0 Å². The van der Waals surface area contributed by atoms with Gasteiger partial charge in [0.15, 0.2) is 0 Å². The fraction of sp³-hybridized carbons (Fsp3) is 0.368. The third-order valence-electron chi connectivity index (χ3n) is 3.28. The number of aliphatic hydroxyl groups excluding tert-OH is 2. The van der Waals surface area contributed by atoms with Gasteiger partial charge in [0, 0.05) is 18.6 Å². The van der Waals surface area contributed by atoms with Crippen LogP contribution in [0.15, 0.2) is 60.8 Å². The van der Waals surface area contributed by atoms with E-state index < -0.39 is 20.0 Å². The van der Waals surface area contributed by atoms with Crippen LogP contribution in [0.5, 0.6) is 0 Å². The molecule has 1 heterocycles. The van der Waals surface area contributed by atoms with Crippen LogP contribution in [0, 0.1) is 6.42 Å². The van der Waals surface area contributed by atoms with E-state index in [1.807, 2.05) is 0 Å². The third-order valence-corrected chi connectivity index (χ3v) is 3.40. The maximum Gasteiger partial charge on any atom is 1.00 e. The Hall–Kier alpha value is -0.970. The van der Waals surface area contributed by atoms with Gasteiger partial charge in [0.2, 0.25) is 0 Å². The molecule has 162 valence electrons. The van der Waals surface area contributed by atoms with Gasteiger partial charge in [0.25, 0.3) is 0 Å². The van der Waals surface area contributed by atoms with Crippen molar-refractivity contribution in [3.63, 3.8) is 0 Å². The number of ether oxygens (including phenoxy) is 1. The summed E-state index contributed by atoms with van der Waals surface area (Å²) in [5.74, 6) is -0.387. The van der Waals surface area contributed by atoms with E-state index in [4.69, 9.17) is 24.6 Å². The van der Waals surface area contributed by atoms with E-state index in [1.54, 1.807) is 68.0 Å². The summed E-state index contributed by atoms with van der Waals surface area (Å²) in [5.41, 5.74) is -1.21. The van der Waals surface area contributed by atoms with Crippen LogP contribution in [0.25, 0.3) is 0 Å². The number of rotatable bonds is 10. The molecule has 0 radical (unpaired) electrons. The summed E-state index contributed by atoms with van der Waals surface area (Å²) in [6.45, 7) is 1.59. The van der Waals surface area contributed by atoms with Crippen molar-refractivity contribution in [2.24, 2.45) is 0 Å². The van der Waals surface area contributed by atoms with Gasteiger partial charge >= 0.3 is 43.8 Å². The molecule has 0 bridgehead atoms. The molecule has 0 spiro atoms. The van der Waals surface area contributed by atoms with Gasteiger partial charge in [-0.25, -0.2) is 9.47 Å². The minimum Gasteiger partial charge on any atom is -0.674 e. The van der Waals surface area contributed by atoms with Gasteiger partial charge in [-0.2, -0.15) is 0 Å². The first kappa shape index (κ1) is 31.2. The number of hydrogen-bond acceptors (Lipinski definition) is 9. The standard InChI is InChI=1S/C19H25O5.Na.HO4P/c1-19(23,14-12-17-9-7-10-18(22)24-17)13-11-16(21)8-5-3-2-4-6-15-20;;1-4-5(2)3/h2-8,10,12-14,16-17,20-21,23H,9,11,15H2,1H3;;1H/q-1;+1;/p-1/b3-2-,6-4+,8-5-,14-12+;;/t16-,17+,19-;;/m0../s1. The van der Waals surface area contributed by atoms with E-state index in [2.05, 4.69) is 4.67 Å². The van der Waals surface area contributed by atoms with Crippen LogP contribution in [0.1, 0.15) is 19.8 Å². The summed E-state index contributed by atoms with van der Waals surface area (Å²) < 4.78 is 16.4. The molecule has 9 nitrogen and oxygen atoms in total. The first-order valence-corrected chi connectivity index (χ1v) is 9.66. The van der Waals surface area contributed by atoms with Crippen molar-refractivity contribution >= 4 is 14.2 Å². The van der Waals surface area contributed by atoms with E-state index in [0.717, 1.165) is 0 Å². The Morgan fingerprint density at radius 1 is 1.43 bits per heavy atom. The molecule has 0 amide bonds. The van der Waals surface area contributed by atoms with E-state index in [-0.39, 0.29) is 54.7 Å². The zero-order chi connectivity index (χ0) is 22.1. The molecule has 4 atom stereocenters. The fourth-order valence-corrected chi connectivity index (χ4v) is 1.92. The van der Waals surface area contributed by atoms with Gasteiger partial charge in [0.05, 0.1) is 6.61 Å². The van der Waals surface area contributed by atoms with Crippen molar-refractivity contribution in [2.75, 3.05) is 6.61 Å². The molecule has 1 aliphatic rings. The molecule has 0 aromatic rings. The van der Waals surface area contributed by atoms with Crippen LogP contribution < -0.4 is 39.7 Å². The number of esters is 1. The minimum absolute atomic E-state index is 0. The molecule has 0 fully saturated rings. The van der Waals surface area contributed by atoms with Crippen molar-refractivity contribution in [2.45, 2.75) is 37.6 Å². The summed E-state index contributed by atoms with van der Waals surface area (Å²) >= 11 is 0. The molecular weight excluding hydrogens is 426 g/mol. The van der Waals surface area contributed by atoms with Crippen molar-refractivity contribution in [3.8, 4) is 0 Å². The Morgan fingerprint density at radius 3 is 2.63 bits per heavy atom.